The maximum atomic E-state index is 13.2. The number of hydrogen-bond donors (Lipinski definition) is 2. The third-order valence-corrected chi connectivity index (χ3v) is 4.31. The summed E-state index contributed by atoms with van der Waals surface area (Å²) in [7, 11) is 11.0. The average Bonchev–Trinajstić information content (AvgIpc) is 3.17. The molecule has 1 saturated carbocycles. The number of rotatable bonds is 5. The van der Waals surface area contributed by atoms with E-state index >= 15 is 0 Å². The Kier molecular flexibility index (Phi) is 5.16. The molecule has 0 spiro atoms. The summed E-state index contributed by atoms with van der Waals surface area (Å²) in [6.45, 7) is 3.85. The third kappa shape index (κ3) is 4.11. The van der Waals surface area contributed by atoms with Crippen molar-refractivity contribution < 1.29 is 37.7 Å². The van der Waals surface area contributed by atoms with E-state index in [1.165, 1.54) is 12.3 Å². The van der Waals surface area contributed by atoms with E-state index in [0.717, 1.165) is 4.68 Å². The van der Waals surface area contributed by atoms with Crippen molar-refractivity contribution in [3.8, 4) is 5.88 Å². The van der Waals surface area contributed by atoms with Crippen LogP contribution in [0.4, 0.5) is 18.0 Å². The van der Waals surface area contributed by atoms with Gasteiger partial charge in [0.15, 0.2) is 5.79 Å². The molecule has 1 aliphatic carbocycles. The molecule has 0 unspecified atom stereocenters. The maximum Gasteiger partial charge on any atom is 0.435 e. The molecule has 2 N–H and O–H groups in total. The molecule has 0 atom stereocenters. The summed E-state index contributed by atoms with van der Waals surface area (Å²) >= 11 is 0. The first kappa shape index (κ1) is 21.6. The summed E-state index contributed by atoms with van der Waals surface area (Å²) in [5.74, 6) is -3.48. The second-order valence-electron chi connectivity index (χ2n) is 7.63. The number of halogens is 3. The number of aromatic nitrogens is 2. The van der Waals surface area contributed by atoms with Gasteiger partial charge in [-0.25, -0.2) is 4.79 Å². The highest BCUT2D eigenvalue weighted by Crippen LogP contribution is 2.70. The molecule has 1 heterocycles. The third-order valence-electron chi connectivity index (χ3n) is 4.31. The summed E-state index contributed by atoms with van der Waals surface area (Å²) < 4.78 is 50.5. The van der Waals surface area contributed by atoms with Crippen molar-refractivity contribution in [2.75, 3.05) is 6.61 Å². The second kappa shape index (κ2) is 6.44. The topological polar surface area (TPSA) is 93.8 Å². The molecule has 1 aliphatic rings. The Labute approximate surface area is 156 Å². The van der Waals surface area contributed by atoms with Gasteiger partial charge in [0.25, 0.3) is 0 Å². The summed E-state index contributed by atoms with van der Waals surface area (Å²) in [6.07, 6.45) is -5.32. The van der Waals surface area contributed by atoms with Crippen LogP contribution in [-0.2, 0) is 4.74 Å². The first-order chi connectivity index (χ1) is 12.0. The zero-order chi connectivity index (χ0) is 20.9. The van der Waals surface area contributed by atoms with Crippen molar-refractivity contribution in [3.05, 3.63) is 12.3 Å². The molecule has 12 heteroatoms. The van der Waals surface area contributed by atoms with Crippen LogP contribution in [0.15, 0.2) is 12.3 Å². The molecule has 0 saturated heterocycles. The van der Waals surface area contributed by atoms with Crippen LogP contribution in [0.1, 0.15) is 33.6 Å². The van der Waals surface area contributed by atoms with Crippen molar-refractivity contribution in [2.24, 2.45) is 5.41 Å². The van der Waals surface area contributed by atoms with Gasteiger partial charge in [-0.1, -0.05) is 0 Å². The summed E-state index contributed by atoms with van der Waals surface area (Å²) in [5.41, 5.74) is -3.40. The average molecular weight is 386 g/mol. The van der Waals surface area contributed by atoms with E-state index in [0.29, 0.717) is 0 Å². The zero-order valence-corrected chi connectivity index (χ0v) is 15.1. The van der Waals surface area contributed by atoms with E-state index in [4.69, 9.17) is 25.2 Å². The largest absolute Gasteiger partial charge is 0.471 e. The maximum absolute atomic E-state index is 13.2. The zero-order valence-electron chi connectivity index (χ0n) is 15.1. The normalized spacial score (nSPS) is 17.5. The summed E-state index contributed by atoms with van der Waals surface area (Å²) in [6, 6.07) is 1.19. The van der Waals surface area contributed by atoms with Gasteiger partial charge >= 0.3 is 12.3 Å². The Hall–Kier alpha value is -1.68. The fourth-order valence-electron chi connectivity index (χ4n) is 2.53. The lowest BCUT2D eigenvalue weighted by Gasteiger charge is -2.45. The molecule has 4 radical (unpaired) electrons. The van der Waals surface area contributed by atoms with Crippen molar-refractivity contribution in [2.45, 2.75) is 56.4 Å². The lowest BCUT2D eigenvalue weighted by molar-refractivity contribution is -0.255. The fourth-order valence-corrected chi connectivity index (χ4v) is 2.53. The number of carbonyl (C=O) groups is 1. The van der Waals surface area contributed by atoms with Gasteiger partial charge in [-0.15, -0.1) is 5.10 Å². The van der Waals surface area contributed by atoms with Gasteiger partial charge in [-0.2, -0.15) is 17.9 Å². The summed E-state index contributed by atoms with van der Waals surface area (Å²) in [5, 5.41) is 20.9. The minimum absolute atomic E-state index is 0.263. The predicted molar refractivity (Wildman–Crippen MR) is 88.4 cm³/mol. The molecule has 1 fully saturated rings. The van der Waals surface area contributed by atoms with Gasteiger partial charge in [0.1, 0.15) is 12.2 Å². The van der Waals surface area contributed by atoms with Gasteiger partial charge in [0.2, 0.25) is 5.88 Å². The van der Waals surface area contributed by atoms with Crippen LogP contribution in [-0.4, -0.2) is 66.0 Å². The van der Waals surface area contributed by atoms with Crippen LogP contribution in [0.3, 0.4) is 0 Å². The number of nitrogens with zero attached hydrogens (tertiary/aromatic N) is 2. The molecule has 2 rings (SSSR count). The quantitative estimate of drug-likeness (QED) is 0.589. The Bertz CT molecular complexity index is 709. The molecule has 1 aromatic heterocycles. The van der Waals surface area contributed by atoms with Crippen LogP contribution in [0.5, 0.6) is 5.88 Å². The van der Waals surface area contributed by atoms with Crippen molar-refractivity contribution in [1.82, 2.24) is 9.78 Å². The molecular formula is C15H19B2F3N2O5. The van der Waals surface area contributed by atoms with Gasteiger partial charge in [0.05, 0.1) is 21.1 Å². The van der Waals surface area contributed by atoms with Crippen molar-refractivity contribution in [3.63, 3.8) is 0 Å². The minimum atomic E-state index is -4.81. The highest BCUT2D eigenvalue weighted by Gasteiger charge is 2.74. The molecule has 0 amide bonds. The second-order valence-corrected chi connectivity index (χ2v) is 7.63. The molecular weight excluding hydrogens is 367 g/mol. The molecule has 146 valence electrons. The smallest absolute Gasteiger partial charge is 0.435 e. The van der Waals surface area contributed by atoms with Crippen LogP contribution >= 0.6 is 0 Å². The molecule has 27 heavy (non-hydrogen) atoms. The summed E-state index contributed by atoms with van der Waals surface area (Å²) in [4.78, 5) is 11.8. The lowest BCUT2D eigenvalue weighted by atomic mass is 9.42. The van der Waals surface area contributed by atoms with Crippen LogP contribution in [0.25, 0.3) is 0 Å². The van der Waals surface area contributed by atoms with Crippen molar-refractivity contribution >= 4 is 21.8 Å². The van der Waals surface area contributed by atoms with E-state index in [2.05, 4.69) is 5.10 Å². The van der Waals surface area contributed by atoms with Crippen LogP contribution in [0, 0.1) is 5.41 Å². The van der Waals surface area contributed by atoms with E-state index < -0.39 is 53.7 Å². The molecule has 0 bridgehead atoms. The Morgan fingerprint density at radius 2 is 1.85 bits per heavy atom. The minimum Gasteiger partial charge on any atom is -0.471 e. The Balaban J connectivity index is 2.07. The first-order valence-corrected chi connectivity index (χ1v) is 8.03. The van der Waals surface area contributed by atoms with Crippen molar-refractivity contribution in [1.29, 1.82) is 0 Å². The highest BCUT2D eigenvalue weighted by molar-refractivity contribution is 6.41. The number of alkyl halides is 3. The molecule has 0 aliphatic heterocycles. The van der Waals surface area contributed by atoms with Crippen LogP contribution in [0.2, 0.25) is 5.21 Å². The molecule has 7 nitrogen and oxygen atoms in total. The lowest BCUT2D eigenvalue weighted by Crippen LogP contribution is -2.56. The standard InChI is InChI=1S/C15H19B2F3N2O5/c1-11(2,3)27-10(23)22-7-4-9(21-22)26-8-13(24,25)14(16,17)12(5-6-12)15(18,19)20/h4,7,24-25H,5-6,8H2,1-3H3. The first-order valence-electron chi connectivity index (χ1n) is 8.03. The van der Waals surface area contributed by atoms with Gasteiger partial charge in [-0.05, 0) is 38.8 Å². The van der Waals surface area contributed by atoms with E-state index in [-0.39, 0.29) is 5.88 Å². The van der Waals surface area contributed by atoms with Gasteiger partial charge in [-0.3, -0.25) is 0 Å². The predicted octanol–water partition coefficient (Wildman–Crippen LogP) is 1.52. The van der Waals surface area contributed by atoms with E-state index in [9.17, 15) is 28.2 Å². The monoisotopic (exact) mass is 386 g/mol. The van der Waals surface area contributed by atoms with Gasteiger partial charge in [0, 0.05) is 12.3 Å². The number of carbonyl (C=O) groups excluding carboxylic acids is 1. The van der Waals surface area contributed by atoms with Crippen LogP contribution < -0.4 is 4.74 Å². The Morgan fingerprint density at radius 1 is 1.30 bits per heavy atom. The number of ether oxygens (including phenoxy) is 2. The fraction of sp³-hybridized carbons (Fsp3) is 0.733. The number of hydrogen-bond acceptors (Lipinski definition) is 6. The van der Waals surface area contributed by atoms with E-state index in [1.807, 2.05) is 0 Å². The Morgan fingerprint density at radius 3 is 2.30 bits per heavy atom. The number of aliphatic hydroxyl groups is 2. The molecule has 0 aromatic carbocycles. The van der Waals surface area contributed by atoms with E-state index in [1.54, 1.807) is 20.8 Å². The SMILES string of the molecule is [B]C([B])(C(O)(O)COc1ccn(C(=O)OC(C)(C)C)n1)C1(C(F)(F)F)CC1. The molecule has 1 aromatic rings. The van der Waals surface area contributed by atoms with Gasteiger partial charge < -0.3 is 19.7 Å². The highest BCUT2D eigenvalue weighted by atomic mass is 19.4.